The summed E-state index contributed by atoms with van der Waals surface area (Å²) in [5.41, 5.74) is 2.01. The van der Waals surface area contributed by atoms with Gasteiger partial charge in [-0.25, -0.2) is 0 Å². The summed E-state index contributed by atoms with van der Waals surface area (Å²) in [5.74, 6) is 1.71. The van der Waals surface area contributed by atoms with Crippen LogP contribution in [0, 0.1) is 6.92 Å². The monoisotopic (exact) mass is 439 g/mol. The van der Waals surface area contributed by atoms with Crippen LogP contribution in [0.25, 0.3) is 11.4 Å². The third-order valence-electron chi connectivity index (χ3n) is 4.23. The number of nitrogens with zero attached hydrogens (tertiary/aromatic N) is 4. The van der Waals surface area contributed by atoms with Gasteiger partial charge in [-0.2, -0.15) is 0 Å². The van der Waals surface area contributed by atoms with Crippen LogP contribution in [0.15, 0.2) is 70.3 Å². The standard InChI is InChI=1S/C21H18ClN5O2S/c1-14-11-18(26-29-14)23-19(28)13-30-21-25-24-20(16-7-9-17(22)10-8-16)27(21)12-15-5-3-2-4-6-15/h2-11H,12-13H2,1H3,(H,23,26,28). The number of aryl methyl sites for hydroxylation is 1. The molecule has 4 aromatic rings. The van der Waals surface area contributed by atoms with Crippen molar-refractivity contribution in [3.63, 3.8) is 0 Å². The number of aromatic nitrogens is 4. The van der Waals surface area contributed by atoms with E-state index in [-0.39, 0.29) is 11.7 Å². The van der Waals surface area contributed by atoms with Gasteiger partial charge in [-0.3, -0.25) is 9.36 Å². The second-order valence-corrected chi connectivity index (χ2v) is 7.92. The number of benzene rings is 2. The summed E-state index contributed by atoms with van der Waals surface area (Å²) in [6.07, 6.45) is 0. The van der Waals surface area contributed by atoms with E-state index < -0.39 is 0 Å². The largest absolute Gasteiger partial charge is 0.360 e. The van der Waals surface area contributed by atoms with Crippen LogP contribution in [0.4, 0.5) is 5.82 Å². The van der Waals surface area contributed by atoms with Crippen LogP contribution in [-0.4, -0.2) is 31.6 Å². The van der Waals surface area contributed by atoms with Crippen molar-refractivity contribution >= 4 is 35.1 Å². The van der Waals surface area contributed by atoms with E-state index in [9.17, 15) is 4.79 Å². The van der Waals surface area contributed by atoms with Crippen molar-refractivity contribution in [3.05, 3.63) is 77.0 Å². The highest BCUT2D eigenvalue weighted by atomic mass is 35.5. The van der Waals surface area contributed by atoms with Crippen LogP contribution in [0.1, 0.15) is 11.3 Å². The summed E-state index contributed by atoms with van der Waals surface area (Å²) in [6, 6.07) is 19.1. The minimum Gasteiger partial charge on any atom is -0.360 e. The normalized spacial score (nSPS) is 10.9. The van der Waals surface area contributed by atoms with Gasteiger partial charge in [0.1, 0.15) is 5.76 Å². The number of anilines is 1. The molecule has 0 atom stereocenters. The number of carbonyl (C=O) groups is 1. The maximum Gasteiger partial charge on any atom is 0.236 e. The van der Waals surface area contributed by atoms with Crippen LogP contribution < -0.4 is 5.32 Å². The second-order valence-electron chi connectivity index (χ2n) is 6.54. The summed E-state index contributed by atoms with van der Waals surface area (Å²) < 4.78 is 6.96. The fraction of sp³-hybridized carbons (Fsp3) is 0.143. The lowest BCUT2D eigenvalue weighted by atomic mass is 10.2. The van der Waals surface area contributed by atoms with E-state index in [1.54, 1.807) is 13.0 Å². The van der Waals surface area contributed by atoms with Gasteiger partial charge in [0.15, 0.2) is 16.8 Å². The minimum atomic E-state index is -0.199. The molecule has 0 spiro atoms. The number of amides is 1. The highest BCUT2D eigenvalue weighted by molar-refractivity contribution is 7.99. The van der Waals surface area contributed by atoms with Crippen molar-refractivity contribution in [3.8, 4) is 11.4 Å². The smallest absolute Gasteiger partial charge is 0.236 e. The summed E-state index contributed by atoms with van der Waals surface area (Å²) >= 11 is 7.34. The fourth-order valence-electron chi connectivity index (χ4n) is 2.85. The van der Waals surface area contributed by atoms with Gasteiger partial charge < -0.3 is 9.84 Å². The first kappa shape index (κ1) is 20.2. The van der Waals surface area contributed by atoms with Crippen LogP contribution in [0.3, 0.4) is 0 Å². The molecular formula is C21H18ClN5O2S. The van der Waals surface area contributed by atoms with Crippen molar-refractivity contribution < 1.29 is 9.32 Å². The number of halogens is 1. The number of hydrogen-bond acceptors (Lipinski definition) is 6. The van der Waals surface area contributed by atoms with Crippen molar-refractivity contribution in [1.82, 2.24) is 19.9 Å². The van der Waals surface area contributed by atoms with Crippen molar-refractivity contribution in [2.45, 2.75) is 18.6 Å². The average Bonchev–Trinajstić information content (AvgIpc) is 3.34. The molecule has 0 bridgehead atoms. The van der Waals surface area contributed by atoms with Crippen LogP contribution >= 0.6 is 23.4 Å². The molecular weight excluding hydrogens is 422 g/mol. The molecule has 2 heterocycles. The molecule has 1 amide bonds. The van der Waals surface area contributed by atoms with Crippen LogP contribution in [-0.2, 0) is 11.3 Å². The van der Waals surface area contributed by atoms with E-state index in [0.29, 0.717) is 34.1 Å². The zero-order chi connectivity index (χ0) is 20.9. The highest BCUT2D eigenvalue weighted by Crippen LogP contribution is 2.26. The van der Waals surface area contributed by atoms with Gasteiger partial charge in [-0.1, -0.05) is 58.9 Å². The Morgan fingerprint density at radius 3 is 2.60 bits per heavy atom. The quantitative estimate of drug-likeness (QED) is 0.421. The van der Waals surface area contributed by atoms with Gasteiger partial charge in [0, 0.05) is 16.7 Å². The molecule has 1 N–H and O–H groups in total. The van der Waals surface area contributed by atoms with Gasteiger partial charge in [0.2, 0.25) is 5.91 Å². The zero-order valence-corrected chi connectivity index (χ0v) is 17.7. The fourth-order valence-corrected chi connectivity index (χ4v) is 3.71. The molecule has 0 aliphatic heterocycles. The van der Waals surface area contributed by atoms with E-state index in [1.807, 2.05) is 59.2 Å². The summed E-state index contributed by atoms with van der Waals surface area (Å²) in [7, 11) is 0. The highest BCUT2D eigenvalue weighted by Gasteiger charge is 2.17. The first-order valence-corrected chi connectivity index (χ1v) is 10.5. The first-order chi connectivity index (χ1) is 14.6. The number of hydrogen-bond donors (Lipinski definition) is 1. The topological polar surface area (TPSA) is 85.8 Å². The van der Waals surface area contributed by atoms with Gasteiger partial charge in [0.05, 0.1) is 12.3 Å². The molecule has 2 aromatic heterocycles. The molecule has 0 saturated heterocycles. The molecule has 30 heavy (non-hydrogen) atoms. The summed E-state index contributed by atoms with van der Waals surface area (Å²) in [5, 5.41) is 16.5. The van der Waals surface area contributed by atoms with E-state index in [2.05, 4.69) is 20.7 Å². The SMILES string of the molecule is Cc1cc(NC(=O)CSc2nnc(-c3ccc(Cl)cc3)n2Cc2ccccc2)no1. The van der Waals surface area contributed by atoms with Crippen molar-refractivity contribution in [2.24, 2.45) is 0 Å². The number of rotatable bonds is 7. The Kier molecular flexibility index (Phi) is 6.15. The predicted octanol–water partition coefficient (Wildman–Crippen LogP) is 4.67. The minimum absolute atomic E-state index is 0.166. The van der Waals surface area contributed by atoms with E-state index in [1.165, 1.54) is 11.8 Å². The molecule has 152 valence electrons. The molecule has 0 aliphatic carbocycles. The molecule has 0 aliphatic rings. The lowest BCUT2D eigenvalue weighted by Gasteiger charge is -2.10. The van der Waals surface area contributed by atoms with Gasteiger partial charge in [-0.05, 0) is 36.8 Å². The third kappa shape index (κ3) is 4.90. The molecule has 2 aromatic carbocycles. The number of nitrogens with one attached hydrogen (secondary N) is 1. The Labute approximate surface area is 182 Å². The average molecular weight is 440 g/mol. The first-order valence-electron chi connectivity index (χ1n) is 9.17. The zero-order valence-electron chi connectivity index (χ0n) is 16.1. The van der Waals surface area contributed by atoms with Crippen molar-refractivity contribution in [2.75, 3.05) is 11.1 Å². The molecule has 0 fully saturated rings. The van der Waals surface area contributed by atoms with E-state index in [0.717, 1.165) is 11.1 Å². The van der Waals surface area contributed by atoms with Gasteiger partial charge in [-0.15, -0.1) is 10.2 Å². The Hall–Kier alpha value is -3.10. The maximum absolute atomic E-state index is 12.3. The Morgan fingerprint density at radius 2 is 1.90 bits per heavy atom. The third-order valence-corrected chi connectivity index (χ3v) is 5.45. The number of thioether (sulfide) groups is 1. The van der Waals surface area contributed by atoms with Crippen LogP contribution in [0.5, 0.6) is 0 Å². The molecule has 0 saturated carbocycles. The lowest BCUT2D eigenvalue weighted by molar-refractivity contribution is -0.113. The predicted molar refractivity (Wildman–Crippen MR) is 117 cm³/mol. The molecule has 7 nitrogen and oxygen atoms in total. The molecule has 4 rings (SSSR count). The second kappa shape index (κ2) is 9.15. The molecule has 0 unspecified atom stereocenters. The number of carbonyl (C=O) groups excluding carboxylic acids is 1. The van der Waals surface area contributed by atoms with Crippen LogP contribution in [0.2, 0.25) is 5.02 Å². The molecule has 9 heteroatoms. The van der Waals surface area contributed by atoms with Gasteiger partial charge in [0.25, 0.3) is 0 Å². The maximum atomic E-state index is 12.3. The summed E-state index contributed by atoms with van der Waals surface area (Å²) in [4.78, 5) is 12.3. The lowest BCUT2D eigenvalue weighted by Crippen LogP contribution is -2.15. The van der Waals surface area contributed by atoms with E-state index >= 15 is 0 Å². The molecule has 0 radical (unpaired) electrons. The summed E-state index contributed by atoms with van der Waals surface area (Å²) in [6.45, 7) is 2.35. The van der Waals surface area contributed by atoms with Crippen molar-refractivity contribution in [1.29, 1.82) is 0 Å². The van der Waals surface area contributed by atoms with E-state index in [4.69, 9.17) is 16.1 Å². The Morgan fingerprint density at radius 1 is 1.13 bits per heavy atom. The Balaban J connectivity index is 1.55. The van der Waals surface area contributed by atoms with Gasteiger partial charge >= 0.3 is 0 Å². The Bertz CT molecular complexity index is 1140.